The zero-order valence-electron chi connectivity index (χ0n) is 10.2. The Kier molecular flexibility index (Phi) is 5.62. The fourth-order valence-electron chi connectivity index (χ4n) is 1.29. The van der Waals surface area contributed by atoms with Gasteiger partial charge in [-0.05, 0) is 12.1 Å². The van der Waals surface area contributed by atoms with E-state index in [4.69, 9.17) is 18.0 Å². The maximum absolute atomic E-state index is 12.2. The van der Waals surface area contributed by atoms with Gasteiger partial charge in [0.2, 0.25) is 0 Å². The van der Waals surface area contributed by atoms with Crippen LogP contribution in [0.25, 0.3) is 0 Å². The maximum atomic E-state index is 12.2. The molecule has 0 aromatic heterocycles. The van der Waals surface area contributed by atoms with Gasteiger partial charge in [0.05, 0.1) is 10.6 Å². The lowest BCUT2D eigenvalue weighted by atomic mass is 10.1. The number of nitrogens with one attached hydrogen (secondary N) is 1. The third-order valence-corrected chi connectivity index (χ3v) is 2.80. The van der Waals surface area contributed by atoms with E-state index in [2.05, 4.69) is 10.1 Å². The van der Waals surface area contributed by atoms with Crippen LogP contribution in [0.3, 0.4) is 0 Å². The number of benzene rings is 1. The van der Waals surface area contributed by atoms with Crippen LogP contribution in [0.4, 0.5) is 8.78 Å². The highest BCUT2D eigenvalue weighted by Gasteiger charge is 2.16. The van der Waals surface area contributed by atoms with Gasteiger partial charge in [-0.3, -0.25) is 4.79 Å². The summed E-state index contributed by atoms with van der Waals surface area (Å²) in [5.74, 6) is -0.862. The standard InChI is InChI=1S/C12H14F2N2O2S/c1-7(10(15)19)6-16-11(17)8-4-2-3-5-9(8)18-12(13)14/h2-5,7,12H,6H2,1H3,(H2,15,19)(H,16,17). The monoisotopic (exact) mass is 288 g/mol. The van der Waals surface area contributed by atoms with Crippen LogP contribution < -0.4 is 15.8 Å². The second kappa shape index (κ2) is 6.98. The number of ether oxygens (including phenoxy) is 1. The van der Waals surface area contributed by atoms with Gasteiger partial charge in [0, 0.05) is 12.5 Å². The molecule has 0 fully saturated rings. The number of halogens is 2. The third-order valence-electron chi connectivity index (χ3n) is 2.40. The summed E-state index contributed by atoms with van der Waals surface area (Å²) in [5.41, 5.74) is 5.45. The molecular weight excluding hydrogens is 274 g/mol. The van der Waals surface area contributed by atoms with E-state index >= 15 is 0 Å². The number of alkyl halides is 2. The molecule has 0 radical (unpaired) electrons. The summed E-state index contributed by atoms with van der Waals surface area (Å²) in [4.78, 5) is 12.1. The number of hydrogen-bond donors (Lipinski definition) is 2. The molecule has 1 aromatic rings. The normalized spacial score (nSPS) is 12.0. The van der Waals surface area contributed by atoms with Gasteiger partial charge in [-0.2, -0.15) is 8.78 Å². The first-order valence-electron chi connectivity index (χ1n) is 5.53. The lowest BCUT2D eigenvalue weighted by Gasteiger charge is -2.13. The molecule has 104 valence electrons. The molecule has 1 amide bonds. The van der Waals surface area contributed by atoms with Gasteiger partial charge in [0.15, 0.2) is 0 Å². The molecule has 1 aromatic carbocycles. The lowest BCUT2D eigenvalue weighted by molar-refractivity contribution is -0.0501. The summed E-state index contributed by atoms with van der Waals surface area (Å²) >= 11 is 4.77. The van der Waals surface area contributed by atoms with Crippen LogP contribution in [-0.4, -0.2) is 24.1 Å². The first kappa shape index (κ1) is 15.3. The van der Waals surface area contributed by atoms with E-state index in [1.807, 2.05) is 0 Å². The van der Waals surface area contributed by atoms with Crippen LogP contribution in [0, 0.1) is 5.92 Å². The van der Waals surface area contributed by atoms with Crippen molar-refractivity contribution in [2.45, 2.75) is 13.5 Å². The van der Waals surface area contributed by atoms with Crippen LogP contribution in [0.1, 0.15) is 17.3 Å². The highest BCUT2D eigenvalue weighted by Crippen LogP contribution is 2.20. The van der Waals surface area contributed by atoms with Crippen LogP contribution in [0.15, 0.2) is 24.3 Å². The van der Waals surface area contributed by atoms with Crippen molar-refractivity contribution >= 4 is 23.1 Å². The second-order valence-electron chi connectivity index (χ2n) is 3.89. The van der Waals surface area contributed by atoms with Crippen molar-refractivity contribution in [2.75, 3.05) is 6.54 Å². The largest absolute Gasteiger partial charge is 0.434 e. The molecule has 0 aliphatic heterocycles. The minimum Gasteiger partial charge on any atom is -0.434 e. The van der Waals surface area contributed by atoms with Crippen LogP contribution >= 0.6 is 12.2 Å². The summed E-state index contributed by atoms with van der Waals surface area (Å²) in [6.45, 7) is -0.994. The van der Waals surface area contributed by atoms with E-state index in [-0.39, 0.29) is 28.8 Å². The molecule has 0 aliphatic rings. The molecule has 0 saturated heterocycles. The Labute approximate surface area is 114 Å². The Morgan fingerprint density at radius 1 is 1.47 bits per heavy atom. The van der Waals surface area contributed by atoms with Crippen molar-refractivity contribution < 1.29 is 18.3 Å². The number of nitrogens with two attached hydrogens (primary N) is 1. The molecule has 7 heteroatoms. The molecule has 1 rings (SSSR count). The van der Waals surface area contributed by atoms with Gasteiger partial charge >= 0.3 is 6.61 Å². The third kappa shape index (κ3) is 4.78. The Morgan fingerprint density at radius 2 is 2.11 bits per heavy atom. The number of amides is 1. The molecule has 0 heterocycles. The predicted molar refractivity (Wildman–Crippen MR) is 71.4 cm³/mol. The van der Waals surface area contributed by atoms with Gasteiger partial charge in [-0.1, -0.05) is 31.3 Å². The first-order valence-corrected chi connectivity index (χ1v) is 5.94. The van der Waals surface area contributed by atoms with Gasteiger partial charge in [0.1, 0.15) is 5.75 Å². The van der Waals surface area contributed by atoms with Crippen molar-refractivity contribution in [1.29, 1.82) is 0 Å². The van der Waals surface area contributed by atoms with Crippen LogP contribution in [-0.2, 0) is 0 Å². The fraction of sp³-hybridized carbons (Fsp3) is 0.333. The van der Waals surface area contributed by atoms with Gasteiger partial charge in [-0.25, -0.2) is 0 Å². The highest BCUT2D eigenvalue weighted by atomic mass is 32.1. The molecule has 0 spiro atoms. The minimum atomic E-state index is -2.98. The van der Waals surface area contributed by atoms with E-state index < -0.39 is 12.5 Å². The average molecular weight is 288 g/mol. The molecule has 19 heavy (non-hydrogen) atoms. The minimum absolute atomic E-state index is 0.0398. The molecule has 3 N–H and O–H groups in total. The van der Waals surface area contributed by atoms with Crippen molar-refractivity contribution in [3.05, 3.63) is 29.8 Å². The summed E-state index contributed by atoms with van der Waals surface area (Å²) in [6.07, 6.45) is 0. The van der Waals surface area contributed by atoms with Crippen molar-refractivity contribution in [1.82, 2.24) is 5.32 Å². The zero-order valence-corrected chi connectivity index (χ0v) is 11.0. The molecule has 0 aliphatic carbocycles. The zero-order chi connectivity index (χ0) is 14.4. The van der Waals surface area contributed by atoms with Gasteiger partial charge in [0.25, 0.3) is 5.91 Å². The summed E-state index contributed by atoms with van der Waals surface area (Å²) in [7, 11) is 0. The van der Waals surface area contributed by atoms with E-state index in [1.165, 1.54) is 18.2 Å². The van der Waals surface area contributed by atoms with E-state index in [9.17, 15) is 13.6 Å². The Balaban J connectivity index is 2.74. The molecule has 4 nitrogen and oxygen atoms in total. The number of carbonyl (C=O) groups excluding carboxylic acids is 1. The van der Waals surface area contributed by atoms with Crippen molar-refractivity contribution in [2.24, 2.45) is 11.7 Å². The first-order chi connectivity index (χ1) is 8.91. The smallest absolute Gasteiger partial charge is 0.387 e. The number of para-hydroxylation sites is 1. The number of rotatable bonds is 6. The summed E-state index contributed by atoms with van der Waals surface area (Å²) in [5, 5.41) is 2.56. The van der Waals surface area contributed by atoms with Crippen molar-refractivity contribution in [3.8, 4) is 5.75 Å². The van der Waals surface area contributed by atoms with E-state index in [0.717, 1.165) is 0 Å². The fourth-order valence-corrected chi connectivity index (χ4v) is 1.38. The van der Waals surface area contributed by atoms with Gasteiger partial charge < -0.3 is 15.8 Å². The Hall–Kier alpha value is -1.76. The molecule has 0 saturated carbocycles. The summed E-state index contributed by atoms with van der Waals surface area (Å²) < 4.78 is 28.7. The van der Waals surface area contributed by atoms with Gasteiger partial charge in [-0.15, -0.1) is 0 Å². The quantitative estimate of drug-likeness (QED) is 0.785. The number of thiocarbonyl (C=S) groups is 1. The lowest BCUT2D eigenvalue weighted by Crippen LogP contribution is -2.33. The molecule has 0 bridgehead atoms. The highest BCUT2D eigenvalue weighted by molar-refractivity contribution is 7.80. The van der Waals surface area contributed by atoms with E-state index in [1.54, 1.807) is 13.0 Å². The Morgan fingerprint density at radius 3 is 2.68 bits per heavy atom. The predicted octanol–water partition coefficient (Wildman–Crippen LogP) is 1.94. The average Bonchev–Trinajstić information content (AvgIpc) is 2.35. The van der Waals surface area contributed by atoms with Crippen molar-refractivity contribution in [3.63, 3.8) is 0 Å². The molecule has 1 unspecified atom stereocenters. The number of hydrogen-bond acceptors (Lipinski definition) is 3. The maximum Gasteiger partial charge on any atom is 0.387 e. The van der Waals surface area contributed by atoms with Crippen LogP contribution in [0.2, 0.25) is 0 Å². The van der Waals surface area contributed by atoms with E-state index in [0.29, 0.717) is 0 Å². The topological polar surface area (TPSA) is 64.3 Å². The SMILES string of the molecule is CC(CNC(=O)c1ccccc1OC(F)F)C(N)=S. The second-order valence-corrected chi connectivity index (χ2v) is 4.36. The Bertz CT molecular complexity index is 469. The summed E-state index contributed by atoms with van der Waals surface area (Å²) in [6, 6.07) is 5.77. The molecular formula is C12H14F2N2O2S. The van der Waals surface area contributed by atoms with Crippen LogP contribution in [0.5, 0.6) is 5.75 Å². The molecule has 1 atom stereocenters. The number of carbonyl (C=O) groups is 1.